The first kappa shape index (κ1) is 18.7. The van der Waals surface area contributed by atoms with Gasteiger partial charge in [0.15, 0.2) is 0 Å². The molecule has 0 saturated carbocycles. The summed E-state index contributed by atoms with van der Waals surface area (Å²) in [5.74, 6) is 0.0193. The van der Waals surface area contributed by atoms with Crippen molar-refractivity contribution in [1.29, 1.82) is 0 Å². The second-order valence-corrected chi connectivity index (χ2v) is 6.59. The summed E-state index contributed by atoms with van der Waals surface area (Å²) in [7, 11) is 0. The Morgan fingerprint density at radius 2 is 1.81 bits per heavy atom. The van der Waals surface area contributed by atoms with Gasteiger partial charge >= 0.3 is 0 Å². The number of carbonyl (C=O) groups excluding carboxylic acids is 2. The second kappa shape index (κ2) is 9.03. The van der Waals surface area contributed by atoms with Crippen molar-refractivity contribution in [3.8, 4) is 0 Å². The molecule has 0 bridgehead atoms. The van der Waals surface area contributed by atoms with Crippen LogP contribution in [0.3, 0.4) is 0 Å². The van der Waals surface area contributed by atoms with Crippen LogP contribution in [0.4, 0.5) is 5.69 Å². The van der Waals surface area contributed by atoms with Gasteiger partial charge in [-0.3, -0.25) is 9.59 Å². The molecule has 0 spiro atoms. The molecule has 0 saturated heterocycles. The lowest BCUT2D eigenvalue weighted by Gasteiger charge is -2.09. The first-order valence-corrected chi connectivity index (χ1v) is 9.35. The van der Waals surface area contributed by atoms with Crippen LogP contribution in [0.1, 0.15) is 31.7 Å². The number of amides is 2. The van der Waals surface area contributed by atoms with E-state index < -0.39 is 0 Å². The van der Waals surface area contributed by atoms with Crippen LogP contribution in [-0.4, -0.2) is 16.4 Å². The van der Waals surface area contributed by atoms with E-state index in [0.29, 0.717) is 25.9 Å². The van der Waals surface area contributed by atoms with Gasteiger partial charge in [0.1, 0.15) is 0 Å². The summed E-state index contributed by atoms with van der Waals surface area (Å²) in [5.41, 5.74) is 2.86. The molecule has 0 atom stereocenters. The average molecular weight is 363 g/mol. The maximum Gasteiger partial charge on any atom is 0.224 e. The fourth-order valence-electron chi connectivity index (χ4n) is 3.06. The van der Waals surface area contributed by atoms with Crippen LogP contribution in [0.5, 0.6) is 0 Å². The van der Waals surface area contributed by atoms with Gasteiger partial charge in [-0.15, -0.1) is 0 Å². The Morgan fingerprint density at radius 1 is 0.963 bits per heavy atom. The molecule has 1 heterocycles. The summed E-state index contributed by atoms with van der Waals surface area (Å²) in [6.07, 6.45) is 3.76. The van der Waals surface area contributed by atoms with Gasteiger partial charge in [0.05, 0.1) is 0 Å². The number of hydrogen-bond donors (Lipinski definition) is 2. The first-order chi connectivity index (χ1) is 13.2. The Labute approximate surface area is 159 Å². The molecule has 0 radical (unpaired) electrons. The number of rotatable bonds is 8. The van der Waals surface area contributed by atoms with Gasteiger partial charge in [-0.05, 0) is 41.6 Å². The lowest BCUT2D eigenvalue weighted by atomic mass is 10.2. The maximum atomic E-state index is 12.2. The Kier molecular flexibility index (Phi) is 6.26. The molecular formula is C22H25N3O2. The summed E-state index contributed by atoms with van der Waals surface area (Å²) >= 11 is 0. The predicted octanol–water partition coefficient (Wildman–Crippen LogP) is 4.09. The minimum atomic E-state index is 0.00760. The fourth-order valence-corrected chi connectivity index (χ4v) is 3.06. The zero-order valence-corrected chi connectivity index (χ0v) is 15.6. The van der Waals surface area contributed by atoms with Crippen molar-refractivity contribution in [1.82, 2.24) is 9.88 Å². The first-order valence-electron chi connectivity index (χ1n) is 9.35. The molecule has 1 aromatic heterocycles. The SMILES string of the molecule is CCCC(=O)Nc1cccc(CNC(=O)CCn2ccc3ccccc32)c1. The molecule has 5 heteroatoms. The van der Waals surface area contributed by atoms with Gasteiger partial charge < -0.3 is 15.2 Å². The molecule has 2 N–H and O–H groups in total. The van der Waals surface area contributed by atoms with E-state index in [9.17, 15) is 9.59 Å². The quantitative estimate of drug-likeness (QED) is 0.633. The molecule has 2 aromatic carbocycles. The predicted molar refractivity (Wildman–Crippen MR) is 108 cm³/mol. The molecule has 140 valence electrons. The Morgan fingerprint density at radius 3 is 2.67 bits per heavy atom. The number of nitrogens with zero attached hydrogens (tertiary/aromatic N) is 1. The molecule has 27 heavy (non-hydrogen) atoms. The normalized spacial score (nSPS) is 10.7. The van der Waals surface area contributed by atoms with E-state index in [1.54, 1.807) is 0 Å². The van der Waals surface area contributed by atoms with E-state index in [4.69, 9.17) is 0 Å². The minimum Gasteiger partial charge on any atom is -0.352 e. The van der Waals surface area contributed by atoms with Crippen molar-refractivity contribution in [2.45, 2.75) is 39.3 Å². The number of carbonyl (C=O) groups is 2. The summed E-state index contributed by atoms with van der Waals surface area (Å²) in [6.45, 7) is 3.07. The molecule has 0 aliphatic heterocycles. The third-order valence-electron chi connectivity index (χ3n) is 4.44. The zero-order chi connectivity index (χ0) is 19.1. The highest BCUT2D eigenvalue weighted by molar-refractivity contribution is 5.90. The molecule has 0 unspecified atom stereocenters. The number of fused-ring (bicyclic) bond motifs is 1. The number of nitrogens with one attached hydrogen (secondary N) is 2. The largest absolute Gasteiger partial charge is 0.352 e. The number of anilines is 1. The van der Waals surface area contributed by atoms with Crippen molar-refractivity contribution < 1.29 is 9.59 Å². The molecular weight excluding hydrogens is 338 g/mol. The van der Waals surface area contributed by atoms with Crippen LogP contribution in [0.15, 0.2) is 60.8 Å². The Bertz CT molecular complexity index is 930. The number of aryl methyl sites for hydroxylation is 1. The highest BCUT2D eigenvalue weighted by Gasteiger charge is 2.06. The fraction of sp³-hybridized carbons (Fsp3) is 0.273. The van der Waals surface area contributed by atoms with Gasteiger partial charge in [0, 0.05) is 43.3 Å². The Hall–Kier alpha value is -3.08. The van der Waals surface area contributed by atoms with Crippen LogP contribution in [0.25, 0.3) is 10.9 Å². The molecule has 0 aliphatic rings. The molecule has 3 rings (SSSR count). The molecule has 5 nitrogen and oxygen atoms in total. The van der Waals surface area contributed by atoms with Gasteiger partial charge in [-0.2, -0.15) is 0 Å². The molecule has 3 aromatic rings. The van der Waals surface area contributed by atoms with Crippen LogP contribution in [-0.2, 0) is 22.7 Å². The topological polar surface area (TPSA) is 63.1 Å². The monoisotopic (exact) mass is 363 g/mol. The number of para-hydroxylation sites is 1. The number of hydrogen-bond acceptors (Lipinski definition) is 2. The van der Waals surface area contributed by atoms with E-state index >= 15 is 0 Å². The van der Waals surface area contributed by atoms with Crippen molar-refractivity contribution in [3.63, 3.8) is 0 Å². The molecule has 0 aliphatic carbocycles. The number of aromatic nitrogens is 1. The average Bonchev–Trinajstić information content (AvgIpc) is 3.08. The maximum absolute atomic E-state index is 12.2. The van der Waals surface area contributed by atoms with Crippen molar-refractivity contribution in [2.24, 2.45) is 0 Å². The van der Waals surface area contributed by atoms with E-state index in [2.05, 4.69) is 33.4 Å². The second-order valence-electron chi connectivity index (χ2n) is 6.59. The van der Waals surface area contributed by atoms with Gasteiger partial charge in [-0.25, -0.2) is 0 Å². The summed E-state index contributed by atoms with van der Waals surface area (Å²) in [5, 5.41) is 7.01. The zero-order valence-electron chi connectivity index (χ0n) is 15.6. The molecule has 0 fully saturated rings. The highest BCUT2D eigenvalue weighted by Crippen LogP contribution is 2.15. The smallest absolute Gasteiger partial charge is 0.224 e. The summed E-state index contributed by atoms with van der Waals surface area (Å²) in [6, 6.07) is 17.8. The lowest BCUT2D eigenvalue weighted by Crippen LogP contribution is -2.24. The van der Waals surface area contributed by atoms with Crippen LogP contribution >= 0.6 is 0 Å². The minimum absolute atomic E-state index is 0.00760. The Balaban J connectivity index is 1.49. The van der Waals surface area contributed by atoms with Crippen molar-refractivity contribution in [2.75, 3.05) is 5.32 Å². The number of benzene rings is 2. The van der Waals surface area contributed by atoms with E-state index in [1.807, 2.05) is 49.5 Å². The summed E-state index contributed by atoms with van der Waals surface area (Å²) < 4.78 is 2.10. The van der Waals surface area contributed by atoms with Crippen molar-refractivity contribution >= 4 is 28.4 Å². The van der Waals surface area contributed by atoms with Crippen LogP contribution in [0, 0.1) is 0 Å². The van der Waals surface area contributed by atoms with Crippen molar-refractivity contribution in [3.05, 3.63) is 66.4 Å². The standard InChI is InChI=1S/C22H25N3O2/c1-2-6-22(27)24-19-9-5-7-17(15-19)16-23-21(26)12-14-25-13-11-18-8-3-4-10-20(18)25/h3-5,7-11,13,15H,2,6,12,14,16H2,1H3,(H,23,26)(H,24,27). The van der Waals surface area contributed by atoms with Gasteiger partial charge in [0.25, 0.3) is 0 Å². The van der Waals surface area contributed by atoms with Gasteiger partial charge in [-0.1, -0.05) is 37.3 Å². The van der Waals surface area contributed by atoms with Gasteiger partial charge in [0.2, 0.25) is 11.8 Å². The van der Waals surface area contributed by atoms with Crippen LogP contribution < -0.4 is 10.6 Å². The highest BCUT2D eigenvalue weighted by atomic mass is 16.2. The summed E-state index contributed by atoms with van der Waals surface area (Å²) in [4.78, 5) is 23.9. The third kappa shape index (κ3) is 5.20. The van der Waals surface area contributed by atoms with E-state index in [0.717, 1.165) is 23.2 Å². The van der Waals surface area contributed by atoms with Crippen LogP contribution in [0.2, 0.25) is 0 Å². The van der Waals surface area contributed by atoms with E-state index in [1.165, 1.54) is 5.39 Å². The third-order valence-corrected chi connectivity index (χ3v) is 4.44. The lowest BCUT2D eigenvalue weighted by molar-refractivity contribution is -0.121. The van der Waals surface area contributed by atoms with E-state index in [-0.39, 0.29) is 11.8 Å². The molecule has 2 amide bonds.